The third-order valence-electron chi connectivity index (χ3n) is 4.87. The third-order valence-corrected chi connectivity index (χ3v) is 5.19. The Morgan fingerprint density at radius 1 is 1.41 bits per heavy atom. The molecule has 0 bridgehead atoms. The number of pyridine rings is 1. The molecule has 2 heterocycles. The summed E-state index contributed by atoms with van der Waals surface area (Å²) in [4.78, 5) is 23.7. The summed E-state index contributed by atoms with van der Waals surface area (Å²) in [6.07, 6.45) is 1.31. The molecule has 2 unspecified atom stereocenters. The van der Waals surface area contributed by atoms with E-state index in [1.54, 1.807) is 17.7 Å². The van der Waals surface area contributed by atoms with Crippen molar-refractivity contribution < 1.29 is 19.4 Å². The Hall–Kier alpha value is -2.15. The van der Waals surface area contributed by atoms with E-state index < -0.39 is 17.6 Å². The van der Waals surface area contributed by atoms with Crippen LogP contribution < -0.4 is 5.43 Å². The van der Waals surface area contributed by atoms with Crippen molar-refractivity contribution in [2.24, 2.45) is 5.92 Å². The fourth-order valence-electron chi connectivity index (χ4n) is 3.34. The van der Waals surface area contributed by atoms with Crippen molar-refractivity contribution in [2.45, 2.75) is 32.6 Å². The number of hydrogen-bond acceptors (Lipinski definition) is 4. The lowest BCUT2D eigenvalue weighted by Crippen LogP contribution is -2.31. The first-order chi connectivity index (χ1) is 12.8. The molecule has 6 nitrogen and oxygen atoms in total. The van der Waals surface area contributed by atoms with E-state index in [-0.39, 0.29) is 17.6 Å². The van der Waals surface area contributed by atoms with Gasteiger partial charge in [-0.05, 0) is 17.5 Å². The molecule has 144 valence electrons. The summed E-state index contributed by atoms with van der Waals surface area (Å²) in [5.41, 5.74) is 1.39. The molecular formula is C20H22ClNO5. The fourth-order valence-corrected chi connectivity index (χ4v) is 3.63. The number of nitrogens with zero attached hydrogens (tertiary/aromatic N) is 1. The predicted octanol–water partition coefficient (Wildman–Crippen LogP) is 3.61. The average molecular weight is 392 g/mol. The van der Waals surface area contributed by atoms with Crippen LogP contribution in [0.2, 0.25) is 5.02 Å². The minimum atomic E-state index is -1.27. The summed E-state index contributed by atoms with van der Waals surface area (Å²) < 4.78 is 13.2. The third kappa shape index (κ3) is 3.78. The lowest BCUT2D eigenvalue weighted by Gasteiger charge is -2.32. The number of carboxylic acids is 1. The molecule has 0 saturated heterocycles. The second-order valence-corrected chi connectivity index (χ2v) is 7.34. The van der Waals surface area contributed by atoms with Crippen LogP contribution in [0.15, 0.2) is 35.3 Å². The second kappa shape index (κ2) is 7.84. The number of rotatable bonds is 6. The lowest BCUT2D eigenvalue weighted by atomic mass is 9.95. The molecule has 0 radical (unpaired) electrons. The Bertz CT molecular complexity index is 921. The average Bonchev–Trinajstić information content (AvgIpc) is 2.61. The zero-order valence-electron chi connectivity index (χ0n) is 15.4. The Balaban J connectivity index is 2.07. The van der Waals surface area contributed by atoms with E-state index >= 15 is 0 Å². The van der Waals surface area contributed by atoms with Gasteiger partial charge in [0, 0.05) is 31.4 Å². The SMILES string of the molecule is COC(COC1Cc2cccc(Cl)c2-c2cc(=O)c(C(=O)O)cn21)C(C)C. The number of fused-ring (bicyclic) bond motifs is 3. The number of benzene rings is 1. The normalized spacial score (nSPS) is 16.7. The van der Waals surface area contributed by atoms with Crippen molar-refractivity contribution in [3.05, 3.63) is 56.8 Å². The molecule has 27 heavy (non-hydrogen) atoms. The molecular weight excluding hydrogens is 370 g/mol. The van der Waals surface area contributed by atoms with Crippen LogP contribution in [0.4, 0.5) is 0 Å². The number of ether oxygens (including phenoxy) is 2. The highest BCUT2D eigenvalue weighted by Crippen LogP contribution is 2.39. The molecule has 0 amide bonds. The van der Waals surface area contributed by atoms with Crippen molar-refractivity contribution in [1.82, 2.24) is 4.57 Å². The van der Waals surface area contributed by atoms with E-state index in [1.165, 1.54) is 12.3 Å². The summed E-state index contributed by atoms with van der Waals surface area (Å²) >= 11 is 6.37. The van der Waals surface area contributed by atoms with Crippen LogP contribution in [0.5, 0.6) is 0 Å². The summed E-state index contributed by atoms with van der Waals surface area (Å²) in [6, 6.07) is 6.86. The van der Waals surface area contributed by atoms with Gasteiger partial charge in [0.2, 0.25) is 0 Å². The van der Waals surface area contributed by atoms with E-state index in [0.717, 1.165) is 11.1 Å². The van der Waals surface area contributed by atoms with E-state index in [4.69, 9.17) is 21.1 Å². The van der Waals surface area contributed by atoms with Crippen LogP contribution in [0.3, 0.4) is 0 Å². The first-order valence-corrected chi connectivity index (χ1v) is 9.13. The number of hydrogen-bond donors (Lipinski definition) is 1. The maximum absolute atomic E-state index is 12.3. The largest absolute Gasteiger partial charge is 0.477 e. The highest BCUT2D eigenvalue weighted by molar-refractivity contribution is 6.33. The van der Waals surface area contributed by atoms with Gasteiger partial charge in [0.15, 0.2) is 5.43 Å². The topological polar surface area (TPSA) is 77.8 Å². The van der Waals surface area contributed by atoms with E-state index in [1.807, 2.05) is 26.0 Å². The first-order valence-electron chi connectivity index (χ1n) is 8.75. The molecule has 7 heteroatoms. The summed E-state index contributed by atoms with van der Waals surface area (Å²) in [6.45, 7) is 4.43. The van der Waals surface area contributed by atoms with Crippen LogP contribution >= 0.6 is 11.6 Å². The zero-order chi connectivity index (χ0) is 19.7. The highest BCUT2D eigenvalue weighted by Gasteiger charge is 2.28. The van der Waals surface area contributed by atoms with E-state index in [2.05, 4.69) is 0 Å². The number of carboxylic acid groups (broad SMARTS) is 1. The first kappa shape index (κ1) is 19.6. The highest BCUT2D eigenvalue weighted by atomic mass is 35.5. The van der Waals surface area contributed by atoms with Crippen LogP contribution in [0.25, 0.3) is 11.3 Å². The number of aromatic carboxylic acids is 1. The van der Waals surface area contributed by atoms with Gasteiger partial charge in [-0.2, -0.15) is 0 Å². The number of carbonyl (C=O) groups is 1. The molecule has 0 fully saturated rings. The smallest absolute Gasteiger partial charge is 0.341 e. The van der Waals surface area contributed by atoms with Gasteiger partial charge in [-0.1, -0.05) is 37.6 Å². The van der Waals surface area contributed by atoms with Crippen molar-refractivity contribution in [3.8, 4) is 11.3 Å². The van der Waals surface area contributed by atoms with Gasteiger partial charge in [0.1, 0.15) is 11.8 Å². The van der Waals surface area contributed by atoms with Gasteiger partial charge >= 0.3 is 5.97 Å². The molecule has 0 spiro atoms. The molecule has 0 aliphatic carbocycles. The Labute approximate surface area is 162 Å². The molecule has 1 N–H and O–H groups in total. The molecule has 1 aliphatic heterocycles. The van der Waals surface area contributed by atoms with Crippen molar-refractivity contribution in [3.63, 3.8) is 0 Å². The predicted molar refractivity (Wildman–Crippen MR) is 102 cm³/mol. The Kier molecular flexibility index (Phi) is 5.69. The minimum absolute atomic E-state index is 0.0902. The Morgan fingerprint density at radius 3 is 2.78 bits per heavy atom. The molecule has 2 atom stereocenters. The van der Waals surface area contributed by atoms with Gasteiger partial charge in [-0.15, -0.1) is 0 Å². The van der Waals surface area contributed by atoms with Gasteiger partial charge < -0.3 is 19.1 Å². The van der Waals surface area contributed by atoms with Crippen molar-refractivity contribution in [1.29, 1.82) is 0 Å². The van der Waals surface area contributed by atoms with E-state index in [9.17, 15) is 14.7 Å². The molecule has 1 aliphatic rings. The summed E-state index contributed by atoms with van der Waals surface area (Å²) in [5, 5.41) is 9.85. The van der Waals surface area contributed by atoms with Crippen LogP contribution in [-0.4, -0.2) is 35.5 Å². The maximum atomic E-state index is 12.3. The lowest BCUT2D eigenvalue weighted by molar-refractivity contribution is -0.0701. The standard InChI is InChI=1S/C20H22ClNO5/c1-11(2)17(26-3)10-27-18-7-12-5-4-6-14(21)19(12)15-8-16(23)13(20(24)25)9-22(15)18/h4-6,8-9,11,17-18H,7,10H2,1-3H3,(H,24,25). The molecule has 3 rings (SSSR count). The Morgan fingerprint density at radius 2 is 2.15 bits per heavy atom. The second-order valence-electron chi connectivity index (χ2n) is 6.93. The van der Waals surface area contributed by atoms with Crippen LogP contribution in [-0.2, 0) is 15.9 Å². The number of halogens is 1. The minimum Gasteiger partial charge on any atom is -0.477 e. The molecule has 1 aromatic heterocycles. The van der Waals surface area contributed by atoms with Crippen LogP contribution in [0, 0.1) is 5.92 Å². The monoisotopic (exact) mass is 391 g/mol. The van der Waals surface area contributed by atoms with Gasteiger partial charge in [0.25, 0.3) is 0 Å². The van der Waals surface area contributed by atoms with Gasteiger partial charge in [-0.25, -0.2) is 4.79 Å². The number of methoxy groups -OCH3 is 1. The molecule has 2 aromatic rings. The van der Waals surface area contributed by atoms with Gasteiger partial charge in [-0.3, -0.25) is 4.79 Å². The quantitative estimate of drug-likeness (QED) is 0.813. The van der Waals surface area contributed by atoms with Crippen molar-refractivity contribution in [2.75, 3.05) is 13.7 Å². The molecule has 1 aromatic carbocycles. The van der Waals surface area contributed by atoms with Crippen molar-refractivity contribution >= 4 is 17.6 Å². The zero-order valence-corrected chi connectivity index (χ0v) is 16.2. The summed E-state index contributed by atoms with van der Waals surface area (Å²) in [7, 11) is 1.64. The maximum Gasteiger partial charge on any atom is 0.341 e. The summed E-state index contributed by atoms with van der Waals surface area (Å²) in [5.74, 6) is -1.00. The van der Waals surface area contributed by atoms with Gasteiger partial charge in [0.05, 0.1) is 23.4 Å². The number of aromatic nitrogens is 1. The van der Waals surface area contributed by atoms with E-state index in [0.29, 0.717) is 23.7 Å². The van der Waals surface area contributed by atoms with Crippen LogP contribution in [0.1, 0.15) is 36.0 Å². The fraction of sp³-hybridized carbons (Fsp3) is 0.400. The molecule has 0 saturated carbocycles.